The van der Waals surface area contributed by atoms with E-state index in [4.69, 9.17) is 0 Å². The van der Waals surface area contributed by atoms with E-state index < -0.39 is 0 Å². The van der Waals surface area contributed by atoms with Crippen molar-refractivity contribution in [2.45, 2.75) is 96.9 Å². The van der Waals surface area contributed by atoms with Crippen LogP contribution in [0.5, 0.6) is 0 Å². The van der Waals surface area contributed by atoms with Crippen LogP contribution in [0.25, 0.3) is 21.5 Å². The van der Waals surface area contributed by atoms with E-state index in [0.29, 0.717) is 6.04 Å². The Morgan fingerprint density at radius 3 is 2.04 bits per heavy atom. The van der Waals surface area contributed by atoms with Crippen LogP contribution in [-0.4, -0.2) is 19.1 Å². The molecule has 0 aromatic heterocycles. The third kappa shape index (κ3) is 4.66. The van der Waals surface area contributed by atoms with Crippen molar-refractivity contribution in [3.63, 3.8) is 0 Å². The molecular formula is C45H50N2. The molecule has 0 spiro atoms. The van der Waals surface area contributed by atoms with E-state index >= 15 is 0 Å². The van der Waals surface area contributed by atoms with Crippen molar-refractivity contribution in [2.24, 2.45) is 0 Å². The van der Waals surface area contributed by atoms with Crippen LogP contribution in [0.1, 0.15) is 91.2 Å². The average Bonchev–Trinajstić information content (AvgIpc) is 3.47. The van der Waals surface area contributed by atoms with Gasteiger partial charge in [0.05, 0.1) is 6.04 Å². The highest BCUT2D eigenvalue weighted by Gasteiger charge is 2.47. The fourth-order valence-electron chi connectivity index (χ4n) is 10.1. The first-order chi connectivity index (χ1) is 22.7. The maximum Gasteiger partial charge on any atom is 0.0597 e. The summed E-state index contributed by atoms with van der Waals surface area (Å²) in [4.78, 5) is 5.31. The maximum absolute atomic E-state index is 2.70. The number of hydrogen-bond donors (Lipinski definition) is 0. The van der Waals surface area contributed by atoms with Gasteiger partial charge in [0.25, 0.3) is 0 Å². The van der Waals surface area contributed by atoms with E-state index in [2.05, 4.69) is 142 Å². The number of rotatable bonds is 4. The van der Waals surface area contributed by atoms with Crippen LogP contribution in [0.2, 0.25) is 0 Å². The molecule has 4 aromatic rings. The molecule has 0 radical (unpaired) electrons. The zero-order valence-electron chi connectivity index (χ0n) is 29.3. The lowest BCUT2D eigenvalue weighted by atomic mass is 9.73. The molecule has 0 saturated carbocycles. The van der Waals surface area contributed by atoms with Crippen LogP contribution in [0, 0.1) is 0 Å². The molecule has 4 aromatic carbocycles. The number of nitrogens with zero attached hydrogens (tertiary/aromatic N) is 2. The number of anilines is 2. The summed E-state index contributed by atoms with van der Waals surface area (Å²) < 4.78 is 0. The summed E-state index contributed by atoms with van der Waals surface area (Å²) in [6.07, 6.45) is 14.9. The molecular weight excluding hydrogens is 569 g/mol. The molecule has 0 saturated heterocycles. The standard InChI is InChI=1S/C45H50N2/c1-7-46-38-25-23-32-17-9-11-21-36(32)40(38)44(3,4)42(46)34-19-13-15-30(28-34)27-31-16-14-20-35(29-31)43-45(5,6)41-37-22-12-10-18-33(37)24-26-39(41)47(43)8-2/h9-12,17-18,21-29,42H,7-8,13-16,19-20H2,1-6H3/b30-27+,43-35+. The molecule has 0 amide bonds. The Balaban J connectivity index is 1.17. The van der Waals surface area contributed by atoms with Gasteiger partial charge in [0.1, 0.15) is 0 Å². The Morgan fingerprint density at radius 1 is 0.681 bits per heavy atom. The summed E-state index contributed by atoms with van der Waals surface area (Å²) >= 11 is 0. The molecule has 2 heteroatoms. The molecule has 4 aliphatic rings. The Hall–Kier alpha value is -4.04. The summed E-state index contributed by atoms with van der Waals surface area (Å²) in [7, 11) is 0. The van der Waals surface area contributed by atoms with Gasteiger partial charge in [0.15, 0.2) is 0 Å². The molecule has 1 atom stereocenters. The van der Waals surface area contributed by atoms with E-state index in [1.807, 2.05) is 0 Å². The molecule has 2 aliphatic carbocycles. The number of fused-ring (bicyclic) bond motifs is 6. The normalized spacial score (nSPS) is 24.1. The van der Waals surface area contributed by atoms with E-state index in [1.165, 1.54) is 98.6 Å². The van der Waals surface area contributed by atoms with E-state index in [1.54, 1.807) is 5.57 Å². The van der Waals surface area contributed by atoms with Gasteiger partial charge in [-0.3, -0.25) is 0 Å². The predicted octanol–water partition coefficient (Wildman–Crippen LogP) is 11.7. The maximum atomic E-state index is 2.70. The highest BCUT2D eigenvalue weighted by Crippen LogP contribution is 2.54. The highest BCUT2D eigenvalue weighted by molar-refractivity contribution is 5.95. The lowest BCUT2D eigenvalue weighted by Gasteiger charge is -2.37. The summed E-state index contributed by atoms with van der Waals surface area (Å²) in [5, 5.41) is 5.51. The lowest BCUT2D eigenvalue weighted by molar-refractivity contribution is 0.449. The van der Waals surface area contributed by atoms with Crippen molar-refractivity contribution in [3.8, 4) is 0 Å². The summed E-state index contributed by atoms with van der Waals surface area (Å²) in [5.74, 6) is 0. The quantitative estimate of drug-likeness (QED) is 0.224. The van der Waals surface area contributed by atoms with Crippen LogP contribution in [0.3, 0.4) is 0 Å². The number of hydrogen-bond acceptors (Lipinski definition) is 2. The molecule has 0 bridgehead atoms. The third-order valence-corrected chi connectivity index (χ3v) is 11.8. The van der Waals surface area contributed by atoms with Crippen molar-refractivity contribution < 1.29 is 0 Å². The summed E-state index contributed by atoms with van der Waals surface area (Å²) in [6, 6.07) is 27.7. The summed E-state index contributed by atoms with van der Waals surface area (Å²) in [5.41, 5.74) is 13.5. The first kappa shape index (κ1) is 30.3. The van der Waals surface area contributed by atoms with Gasteiger partial charge in [-0.05, 0) is 119 Å². The second-order valence-corrected chi connectivity index (χ2v) is 15.4. The first-order valence-corrected chi connectivity index (χ1v) is 18.2. The van der Waals surface area contributed by atoms with E-state index in [-0.39, 0.29) is 10.8 Å². The van der Waals surface area contributed by atoms with Crippen LogP contribution in [0.15, 0.2) is 119 Å². The minimum absolute atomic E-state index is 0.0393. The zero-order chi connectivity index (χ0) is 32.5. The van der Waals surface area contributed by atoms with Gasteiger partial charge < -0.3 is 9.80 Å². The third-order valence-electron chi connectivity index (χ3n) is 11.8. The van der Waals surface area contributed by atoms with Gasteiger partial charge >= 0.3 is 0 Å². The van der Waals surface area contributed by atoms with Gasteiger partial charge in [-0.25, -0.2) is 0 Å². The second kappa shape index (κ2) is 11.3. The van der Waals surface area contributed by atoms with Crippen LogP contribution >= 0.6 is 0 Å². The van der Waals surface area contributed by atoms with Gasteiger partial charge in [-0.2, -0.15) is 0 Å². The molecule has 0 fully saturated rings. The largest absolute Gasteiger partial charge is 0.364 e. The molecule has 47 heavy (non-hydrogen) atoms. The van der Waals surface area contributed by atoms with Gasteiger partial charge in [0.2, 0.25) is 0 Å². The van der Waals surface area contributed by atoms with Crippen molar-refractivity contribution in [3.05, 3.63) is 130 Å². The Kier molecular flexibility index (Phi) is 7.28. The van der Waals surface area contributed by atoms with Crippen LogP contribution < -0.4 is 9.80 Å². The minimum Gasteiger partial charge on any atom is -0.364 e. The lowest BCUT2D eigenvalue weighted by Crippen LogP contribution is -2.43. The first-order valence-electron chi connectivity index (χ1n) is 18.2. The monoisotopic (exact) mass is 618 g/mol. The highest BCUT2D eigenvalue weighted by atomic mass is 15.2. The van der Waals surface area contributed by atoms with Crippen molar-refractivity contribution in [1.29, 1.82) is 0 Å². The topological polar surface area (TPSA) is 6.48 Å². The van der Waals surface area contributed by atoms with E-state index in [9.17, 15) is 0 Å². The Bertz CT molecular complexity index is 2030. The molecule has 2 heterocycles. The van der Waals surface area contributed by atoms with Crippen LogP contribution in [0.4, 0.5) is 11.4 Å². The molecule has 240 valence electrons. The van der Waals surface area contributed by atoms with Gasteiger partial charge in [-0.15, -0.1) is 0 Å². The minimum atomic E-state index is -0.0393. The number of allylic oxidation sites excluding steroid dienone is 7. The number of benzene rings is 4. The average molecular weight is 619 g/mol. The SMILES string of the molecule is CCN1/C(=C2C=C(/C=C3/C=C(C4N(CC)c5ccc6ccccc6c5C4(C)C)CCC3)CCC/2)C(C)(C)c2c1ccc1ccccc21. The number of likely N-dealkylation sites (N-methyl/N-ethyl adjacent to an activating group) is 2. The van der Waals surface area contributed by atoms with Crippen LogP contribution in [-0.2, 0) is 10.8 Å². The van der Waals surface area contributed by atoms with Crippen molar-refractivity contribution >= 4 is 32.9 Å². The fraction of sp³-hybridized carbons (Fsp3) is 0.378. The molecule has 1 unspecified atom stereocenters. The predicted molar refractivity (Wildman–Crippen MR) is 203 cm³/mol. The Labute approximate surface area is 282 Å². The second-order valence-electron chi connectivity index (χ2n) is 15.4. The molecule has 0 N–H and O–H groups in total. The summed E-state index contributed by atoms with van der Waals surface area (Å²) in [6.45, 7) is 16.6. The fourth-order valence-corrected chi connectivity index (χ4v) is 10.1. The molecule has 8 rings (SSSR count). The van der Waals surface area contributed by atoms with Crippen molar-refractivity contribution in [2.75, 3.05) is 22.9 Å². The van der Waals surface area contributed by atoms with Gasteiger partial charge in [0, 0.05) is 41.0 Å². The molecule has 2 nitrogen and oxygen atoms in total. The van der Waals surface area contributed by atoms with Gasteiger partial charge in [-0.1, -0.05) is 107 Å². The van der Waals surface area contributed by atoms with E-state index in [0.717, 1.165) is 19.5 Å². The Morgan fingerprint density at radius 2 is 1.34 bits per heavy atom. The van der Waals surface area contributed by atoms with Crippen molar-refractivity contribution in [1.82, 2.24) is 0 Å². The molecule has 2 aliphatic heterocycles. The zero-order valence-corrected chi connectivity index (χ0v) is 29.3. The smallest absolute Gasteiger partial charge is 0.0597 e.